The Bertz CT molecular complexity index is 437. The average Bonchev–Trinajstić information content (AvgIpc) is 2.82. The Kier molecular flexibility index (Phi) is 5.17. The highest BCUT2D eigenvalue weighted by Gasteiger charge is 2.25. The van der Waals surface area contributed by atoms with Gasteiger partial charge in [-0.25, -0.2) is 4.98 Å². The Morgan fingerprint density at radius 2 is 2.16 bits per heavy atom. The maximum atomic E-state index is 6.29. The molecule has 1 unspecified atom stereocenters. The van der Waals surface area contributed by atoms with Crippen molar-refractivity contribution in [1.82, 2.24) is 4.98 Å². The van der Waals surface area contributed by atoms with Gasteiger partial charge in [0.25, 0.3) is 0 Å². The summed E-state index contributed by atoms with van der Waals surface area (Å²) in [7, 11) is 0. The second kappa shape index (κ2) is 6.67. The van der Waals surface area contributed by atoms with E-state index in [0.717, 1.165) is 37.2 Å². The van der Waals surface area contributed by atoms with Crippen molar-refractivity contribution in [2.45, 2.75) is 33.1 Å². The molecule has 1 atom stereocenters. The van der Waals surface area contributed by atoms with Crippen LogP contribution in [0.2, 0.25) is 10.0 Å². The zero-order valence-corrected chi connectivity index (χ0v) is 13.1. The minimum atomic E-state index is 0.583. The van der Waals surface area contributed by atoms with Gasteiger partial charge >= 0.3 is 0 Å². The average molecular weight is 302 g/mol. The molecule has 0 saturated carbocycles. The lowest BCUT2D eigenvalue weighted by atomic mass is 10.0. The molecule has 0 amide bonds. The van der Waals surface area contributed by atoms with Crippen molar-refractivity contribution < 1.29 is 0 Å². The monoisotopic (exact) mass is 301 g/mol. The smallest absolute Gasteiger partial charge is 0.149 e. The molecule has 0 radical (unpaired) electrons. The Balaban J connectivity index is 2.18. The van der Waals surface area contributed by atoms with E-state index in [1.54, 1.807) is 6.07 Å². The normalized spacial score (nSPS) is 18.9. The summed E-state index contributed by atoms with van der Waals surface area (Å²) >= 11 is 12.4. The molecule has 1 saturated heterocycles. The number of nitrogens with one attached hydrogen (secondary N) is 1. The lowest BCUT2D eigenvalue weighted by molar-refractivity contribution is 0.529. The van der Waals surface area contributed by atoms with Crippen molar-refractivity contribution in [1.29, 1.82) is 0 Å². The van der Waals surface area contributed by atoms with Gasteiger partial charge in [-0.3, -0.25) is 0 Å². The Labute approximate surface area is 125 Å². The van der Waals surface area contributed by atoms with E-state index in [9.17, 15) is 0 Å². The first-order valence-electron chi connectivity index (χ1n) is 7.00. The predicted molar refractivity (Wildman–Crippen MR) is 83.6 cm³/mol. The number of hydrogen-bond donors (Lipinski definition) is 1. The molecular weight excluding hydrogens is 281 g/mol. The van der Waals surface area contributed by atoms with Crippen molar-refractivity contribution >= 4 is 34.8 Å². The van der Waals surface area contributed by atoms with Crippen LogP contribution in [0.15, 0.2) is 6.07 Å². The zero-order valence-electron chi connectivity index (χ0n) is 11.5. The standard InChI is InChI=1S/C14H21Cl2N3/c1-3-5-10-6-7-19(9-10)14-12(16)8-11(15)13(18-14)17-4-2/h8,10H,3-7,9H2,1-2H3,(H,17,18). The Morgan fingerprint density at radius 3 is 2.84 bits per heavy atom. The summed E-state index contributed by atoms with van der Waals surface area (Å²) in [6.45, 7) is 7.14. The van der Waals surface area contributed by atoms with Crippen LogP contribution in [0.25, 0.3) is 0 Å². The van der Waals surface area contributed by atoms with Crippen LogP contribution >= 0.6 is 23.2 Å². The highest BCUT2D eigenvalue weighted by molar-refractivity contribution is 6.37. The van der Waals surface area contributed by atoms with Crippen molar-refractivity contribution in [2.75, 3.05) is 29.9 Å². The van der Waals surface area contributed by atoms with Crippen LogP contribution in [0.5, 0.6) is 0 Å². The summed E-state index contributed by atoms with van der Waals surface area (Å²) in [4.78, 5) is 6.87. The first-order valence-corrected chi connectivity index (χ1v) is 7.76. The molecule has 2 rings (SSSR count). The van der Waals surface area contributed by atoms with Crippen LogP contribution in [-0.2, 0) is 0 Å². The molecule has 106 valence electrons. The molecule has 0 bridgehead atoms. The first-order chi connectivity index (χ1) is 9.15. The fourth-order valence-electron chi connectivity index (χ4n) is 2.64. The maximum absolute atomic E-state index is 6.29. The quantitative estimate of drug-likeness (QED) is 0.871. The molecule has 1 aliphatic heterocycles. The number of rotatable bonds is 5. The van der Waals surface area contributed by atoms with Crippen molar-refractivity contribution in [3.63, 3.8) is 0 Å². The molecule has 1 aromatic rings. The Hall–Kier alpha value is -0.670. The van der Waals surface area contributed by atoms with Crippen molar-refractivity contribution in [3.05, 3.63) is 16.1 Å². The van der Waals surface area contributed by atoms with Gasteiger partial charge in [-0.2, -0.15) is 0 Å². The molecule has 0 spiro atoms. The number of pyridine rings is 1. The van der Waals surface area contributed by atoms with Crippen LogP contribution in [-0.4, -0.2) is 24.6 Å². The molecule has 1 aromatic heterocycles. The largest absolute Gasteiger partial charge is 0.369 e. The molecule has 1 fully saturated rings. The summed E-state index contributed by atoms with van der Waals surface area (Å²) in [5, 5.41) is 4.40. The predicted octanol–water partition coefficient (Wildman–Crippen LogP) is 4.45. The van der Waals surface area contributed by atoms with E-state index in [-0.39, 0.29) is 0 Å². The molecule has 1 aliphatic rings. The third-order valence-corrected chi connectivity index (χ3v) is 4.10. The molecule has 1 N–H and O–H groups in total. The fourth-order valence-corrected chi connectivity index (χ4v) is 3.18. The van der Waals surface area contributed by atoms with Crippen LogP contribution in [0.1, 0.15) is 33.1 Å². The molecule has 19 heavy (non-hydrogen) atoms. The lowest BCUT2D eigenvalue weighted by Crippen LogP contribution is -2.21. The van der Waals surface area contributed by atoms with Gasteiger partial charge in [-0.1, -0.05) is 36.5 Å². The van der Waals surface area contributed by atoms with E-state index >= 15 is 0 Å². The number of aromatic nitrogens is 1. The van der Waals surface area contributed by atoms with E-state index in [1.165, 1.54) is 19.3 Å². The highest BCUT2D eigenvalue weighted by Crippen LogP contribution is 2.34. The minimum Gasteiger partial charge on any atom is -0.369 e. The van der Waals surface area contributed by atoms with Crippen LogP contribution in [0.3, 0.4) is 0 Å². The van der Waals surface area contributed by atoms with Crippen LogP contribution in [0, 0.1) is 5.92 Å². The third-order valence-electron chi connectivity index (χ3n) is 3.54. The van der Waals surface area contributed by atoms with E-state index in [0.29, 0.717) is 10.0 Å². The van der Waals surface area contributed by atoms with Gasteiger partial charge in [-0.15, -0.1) is 0 Å². The van der Waals surface area contributed by atoms with E-state index in [4.69, 9.17) is 23.2 Å². The van der Waals surface area contributed by atoms with Gasteiger partial charge < -0.3 is 10.2 Å². The topological polar surface area (TPSA) is 28.2 Å². The summed E-state index contributed by atoms with van der Waals surface area (Å²) < 4.78 is 0. The van der Waals surface area contributed by atoms with Gasteiger partial charge in [0, 0.05) is 19.6 Å². The van der Waals surface area contributed by atoms with Gasteiger partial charge in [0.15, 0.2) is 0 Å². The number of anilines is 2. The molecule has 2 heterocycles. The molecular formula is C14H21Cl2N3. The van der Waals surface area contributed by atoms with Gasteiger partial charge in [0.1, 0.15) is 11.6 Å². The lowest BCUT2D eigenvalue weighted by Gasteiger charge is -2.20. The van der Waals surface area contributed by atoms with Crippen LogP contribution in [0.4, 0.5) is 11.6 Å². The van der Waals surface area contributed by atoms with Gasteiger partial charge in [-0.05, 0) is 31.7 Å². The third kappa shape index (κ3) is 3.46. The van der Waals surface area contributed by atoms with Gasteiger partial charge in [0.05, 0.1) is 10.0 Å². The fraction of sp³-hybridized carbons (Fsp3) is 0.643. The molecule has 5 heteroatoms. The number of hydrogen-bond acceptors (Lipinski definition) is 3. The van der Waals surface area contributed by atoms with E-state index < -0.39 is 0 Å². The van der Waals surface area contributed by atoms with E-state index in [1.807, 2.05) is 6.92 Å². The van der Waals surface area contributed by atoms with Crippen molar-refractivity contribution in [3.8, 4) is 0 Å². The molecule has 0 aromatic carbocycles. The summed E-state index contributed by atoms with van der Waals surface area (Å²) in [5.41, 5.74) is 0. The van der Waals surface area contributed by atoms with E-state index in [2.05, 4.69) is 22.1 Å². The van der Waals surface area contributed by atoms with Crippen LogP contribution < -0.4 is 10.2 Å². The van der Waals surface area contributed by atoms with Gasteiger partial charge in [0.2, 0.25) is 0 Å². The number of halogens is 2. The Morgan fingerprint density at radius 1 is 1.37 bits per heavy atom. The SMILES string of the molecule is CCCC1CCN(c2nc(NCC)c(Cl)cc2Cl)C1. The maximum Gasteiger partial charge on any atom is 0.149 e. The minimum absolute atomic E-state index is 0.583. The van der Waals surface area contributed by atoms with Crippen molar-refractivity contribution in [2.24, 2.45) is 5.92 Å². The highest BCUT2D eigenvalue weighted by atomic mass is 35.5. The second-order valence-electron chi connectivity index (χ2n) is 5.04. The number of nitrogens with zero attached hydrogens (tertiary/aromatic N) is 2. The summed E-state index contributed by atoms with van der Waals surface area (Å²) in [5.74, 6) is 2.35. The molecule has 0 aliphatic carbocycles. The summed E-state index contributed by atoms with van der Waals surface area (Å²) in [6.07, 6.45) is 3.75. The zero-order chi connectivity index (χ0) is 13.8. The molecule has 3 nitrogen and oxygen atoms in total. The summed E-state index contributed by atoms with van der Waals surface area (Å²) in [6, 6.07) is 1.79. The first kappa shape index (κ1) is 14.7. The second-order valence-corrected chi connectivity index (χ2v) is 5.86.